The largest absolute Gasteiger partial charge is 0.491 e. The van der Waals surface area contributed by atoms with Gasteiger partial charge in [-0.2, -0.15) is 0 Å². The molecule has 0 radical (unpaired) electrons. The van der Waals surface area contributed by atoms with E-state index in [1.54, 1.807) is 0 Å². The predicted octanol–water partition coefficient (Wildman–Crippen LogP) is 4.44. The van der Waals surface area contributed by atoms with Crippen LogP contribution in [-0.2, 0) is 9.47 Å². The molecule has 0 bridgehead atoms. The number of fused-ring (bicyclic) bond motifs is 1. The second-order valence-corrected chi connectivity index (χ2v) is 5.47. The fraction of sp³-hybridized carbons (Fsp3) is 0.474. The minimum absolute atomic E-state index is 0.0567. The Hall–Kier alpha value is -1.58. The number of rotatable bonds is 10. The van der Waals surface area contributed by atoms with E-state index in [0.717, 1.165) is 25.2 Å². The maximum atomic E-state index is 5.81. The van der Waals surface area contributed by atoms with Crippen LogP contribution in [0.15, 0.2) is 42.5 Å². The highest BCUT2D eigenvalue weighted by molar-refractivity contribution is 5.83. The third kappa shape index (κ3) is 5.66. The molecule has 22 heavy (non-hydrogen) atoms. The molecule has 0 heterocycles. The van der Waals surface area contributed by atoms with Gasteiger partial charge in [-0.25, -0.2) is 0 Å². The highest BCUT2D eigenvalue weighted by atomic mass is 16.5. The molecule has 120 valence electrons. The van der Waals surface area contributed by atoms with Crippen LogP contribution in [0.5, 0.6) is 5.75 Å². The van der Waals surface area contributed by atoms with Gasteiger partial charge in [0.1, 0.15) is 12.4 Å². The topological polar surface area (TPSA) is 27.7 Å². The van der Waals surface area contributed by atoms with Gasteiger partial charge in [-0.05, 0) is 36.2 Å². The van der Waals surface area contributed by atoms with Crippen LogP contribution in [-0.4, -0.2) is 32.5 Å². The van der Waals surface area contributed by atoms with Crippen LogP contribution in [0.3, 0.4) is 0 Å². The summed E-state index contributed by atoms with van der Waals surface area (Å²) >= 11 is 0. The monoisotopic (exact) mass is 302 g/mol. The van der Waals surface area contributed by atoms with E-state index in [9.17, 15) is 0 Å². The van der Waals surface area contributed by atoms with Gasteiger partial charge in [0.15, 0.2) is 0 Å². The fourth-order valence-electron chi connectivity index (χ4n) is 2.18. The van der Waals surface area contributed by atoms with Gasteiger partial charge in [-0.1, -0.05) is 43.7 Å². The Kier molecular flexibility index (Phi) is 7.20. The summed E-state index contributed by atoms with van der Waals surface area (Å²) in [6.07, 6.45) is 2.33. The van der Waals surface area contributed by atoms with Gasteiger partial charge in [0.25, 0.3) is 0 Å². The van der Waals surface area contributed by atoms with Crippen molar-refractivity contribution >= 4 is 10.8 Å². The van der Waals surface area contributed by atoms with Crippen molar-refractivity contribution in [2.75, 3.05) is 26.4 Å². The lowest BCUT2D eigenvalue weighted by molar-refractivity contribution is -0.00617. The van der Waals surface area contributed by atoms with E-state index in [-0.39, 0.29) is 6.10 Å². The molecule has 3 heteroatoms. The number of hydrogen-bond acceptors (Lipinski definition) is 3. The molecular weight excluding hydrogens is 276 g/mol. The molecule has 2 aromatic carbocycles. The molecule has 0 fully saturated rings. The molecule has 2 rings (SSSR count). The molecule has 2 aromatic rings. The summed E-state index contributed by atoms with van der Waals surface area (Å²) in [7, 11) is 0. The maximum Gasteiger partial charge on any atom is 0.120 e. The third-order valence-electron chi connectivity index (χ3n) is 3.48. The van der Waals surface area contributed by atoms with Gasteiger partial charge in [-0.3, -0.25) is 0 Å². The lowest BCUT2D eigenvalue weighted by Gasteiger charge is -2.14. The normalized spacial score (nSPS) is 12.5. The average Bonchev–Trinajstić information content (AvgIpc) is 2.56. The summed E-state index contributed by atoms with van der Waals surface area (Å²) in [6, 6.07) is 14.4. The molecule has 3 nitrogen and oxygen atoms in total. The van der Waals surface area contributed by atoms with Crippen molar-refractivity contribution in [2.24, 2.45) is 0 Å². The Morgan fingerprint density at radius 2 is 1.77 bits per heavy atom. The maximum absolute atomic E-state index is 5.81. The first-order valence-electron chi connectivity index (χ1n) is 8.10. The smallest absolute Gasteiger partial charge is 0.120 e. The Morgan fingerprint density at radius 3 is 2.59 bits per heavy atom. The summed E-state index contributed by atoms with van der Waals surface area (Å²) in [6.45, 7) is 6.82. The lowest BCUT2D eigenvalue weighted by atomic mass is 10.1. The zero-order chi connectivity index (χ0) is 15.6. The van der Waals surface area contributed by atoms with Gasteiger partial charge in [-0.15, -0.1) is 0 Å². The highest BCUT2D eigenvalue weighted by Crippen LogP contribution is 2.20. The second-order valence-electron chi connectivity index (χ2n) is 5.47. The van der Waals surface area contributed by atoms with E-state index in [1.165, 1.54) is 10.8 Å². The van der Waals surface area contributed by atoms with E-state index in [4.69, 9.17) is 14.2 Å². The number of hydrogen-bond donors (Lipinski definition) is 0. The average molecular weight is 302 g/mol. The standard InChI is InChI=1S/C19H26O3/c1-3-4-11-20-12-13-21-16(2)15-22-19-10-9-17-7-5-6-8-18(17)14-19/h5-10,14,16H,3-4,11-13,15H2,1-2H3. The van der Waals surface area contributed by atoms with Crippen LogP contribution in [0.25, 0.3) is 10.8 Å². The summed E-state index contributed by atoms with van der Waals surface area (Å²) in [5.74, 6) is 0.883. The lowest BCUT2D eigenvalue weighted by Crippen LogP contribution is -2.20. The minimum atomic E-state index is 0.0567. The van der Waals surface area contributed by atoms with Crippen LogP contribution >= 0.6 is 0 Å². The fourth-order valence-corrected chi connectivity index (χ4v) is 2.18. The Balaban J connectivity index is 1.67. The molecule has 0 aliphatic heterocycles. The molecule has 0 saturated carbocycles. The molecule has 0 saturated heterocycles. The quantitative estimate of drug-likeness (QED) is 0.607. The SMILES string of the molecule is CCCCOCCOC(C)COc1ccc2ccccc2c1. The van der Waals surface area contributed by atoms with Gasteiger partial charge in [0.2, 0.25) is 0 Å². The van der Waals surface area contributed by atoms with E-state index >= 15 is 0 Å². The van der Waals surface area contributed by atoms with Crippen molar-refractivity contribution in [1.82, 2.24) is 0 Å². The molecule has 0 aromatic heterocycles. The Labute approximate surface area is 133 Å². The molecule has 1 unspecified atom stereocenters. The van der Waals surface area contributed by atoms with Gasteiger partial charge < -0.3 is 14.2 Å². The molecular formula is C19H26O3. The number of ether oxygens (including phenoxy) is 3. The van der Waals surface area contributed by atoms with Gasteiger partial charge >= 0.3 is 0 Å². The summed E-state index contributed by atoms with van der Waals surface area (Å²) in [5.41, 5.74) is 0. The van der Waals surface area contributed by atoms with Crippen LogP contribution in [0.4, 0.5) is 0 Å². The van der Waals surface area contributed by atoms with E-state index in [1.807, 2.05) is 25.1 Å². The van der Waals surface area contributed by atoms with E-state index in [2.05, 4.69) is 31.2 Å². The van der Waals surface area contributed by atoms with Crippen LogP contribution in [0, 0.1) is 0 Å². The summed E-state index contributed by atoms with van der Waals surface area (Å²) < 4.78 is 17.0. The van der Waals surface area contributed by atoms with Crippen molar-refractivity contribution in [1.29, 1.82) is 0 Å². The molecule has 0 aliphatic rings. The van der Waals surface area contributed by atoms with Crippen molar-refractivity contribution < 1.29 is 14.2 Å². The highest BCUT2D eigenvalue weighted by Gasteiger charge is 2.04. The van der Waals surface area contributed by atoms with Crippen molar-refractivity contribution in [3.8, 4) is 5.75 Å². The van der Waals surface area contributed by atoms with E-state index < -0.39 is 0 Å². The Bertz CT molecular complexity index is 553. The molecule has 0 N–H and O–H groups in total. The number of benzene rings is 2. The first-order valence-corrected chi connectivity index (χ1v) is 8.10. The molecule has 0 aliphatic carbocycles. The van der Waals surface area contributed by atoms with Gasteiger partial charge in [0, 0.05) is 6.61 Å². The second kappa shape index (κ2) is 9.44. The predicted molar refractivity (Wildman–Crippen MR) is 90.6 cm³/mol. The first kappa shape index (κ1) is 16.8. The molecule has 0 spiro atoms. The van der Waals surface area contributed by atoms with Crippen LogP contribution < -0.4 is 4.74 Å². The Morgan fingerprint density at radius 1 is 0.955 bits per heavy atom. The van der Waals surface area contributed by atoms with E-state index in [0.29, 0.717) is 19.8 Å². The molecule has 1 atom stereocenters. The number of unbranched alkanes of at least 4 members (excludes halogenated alkanes) is 1. The summed E-state index contributed by atoms with van der Waals surface area (Å²) in [4.78, 5) is 0. The summed E-state index contributed by atoms with van der Waals surface area (Å²) in [5, 5.41) is 2.42. The van der Waals surface area contributed by atoms with Crippen molar-refractivity contribution in [3.05, 3.63) is 42.5 Å². The van der Waals surface area contributed by atoms with Crippen molar-refractivity contribution in [2.45, 2.75) is 32.8 Å². The van der Waals surface area contributed by atoms with Crippen LogP contribution in [0.1, 0.15) is 26.7 Å². The zero-order valence-electron chi connectivity index (χ0n) is 13.6. The van der Waals surface area contributed by atoms with Crippen LogP contribution in [0.2, 0.25) is 0 Å². The minimum Gasteiger partial charge on any atom is -0.491 e. The first-order chi connectivity index (χ1) is 10.8. The van der Waals surface area contributed by atoms with Gasteiger partial charge in [0.05, 0.1) is 19.3 Å². The van der Waals surface area contributed by atoms with Crippen molar-refractivity contribution in [3.63, 3.8) is 0 Å². The zero-order valence-corrected chi connectivity index (χ0v) is 13.6. The molecule has 0 amide bonds. The third-order valence-corrected chi connectivity index (χ3v) is 3.48.